The molecule has 128 valence electrons. The van der Waals surface area contributed by atoms with E-state index in [1.54, 1.807) is 0 Å². The first-order valence-corrected chi connectivity index (χ1v) is 8.52. The Hall–Kier alpha value is -2.07. The van der Waals surface area contributed by atoms with Crippen LogP contribution in [0.5, 0.6) is 0 Å². The lowest BCUT2D eigenvalue weighted by atomic mass is 9.71. The average Bonchev–Trinajstić information content (AvgIpc) is 2.94. The van der Waals surface area contributed by atoms with Crippen LogP contribution in [-0.2, 0) is 16.7 Å². The predicted octanol–water partition coefficient (Wildman–Crippen LogP) is 4.01. The number of nitrogens with one attached hydrogen (secondary N) is 2. The summed E-state index contributed by atoms with van der Waals surface area (Å²) in [5.41, 5.74) is 5.53. The maximum absolute atomic E-state index is 11.7. The van der Waals surface area contributed by atoms with Gasteiger partial charge in [-0.3, -0.25) is 0 Å². The van der Waals surface area contributed by atoms with Gasteiger partial charge in [-0.15, -0.1) is 0 Å². The highest BCUT2D eigenvalue weighted by Crippen LogP contribution is 2.41. The number of rotatable bonds is 4. The molecular weight excluding hydrogens is 300 g/mol. The molecule has 2 aromatic rings. The van der Waals surface area contributed by atoms with Crippen LogP contribution in [0.1, 0.15) is 65.6 Å². The Balaban J connectivity index is 1.75. The highest BCUT2D eigenvalue weighted by Gasteiger charge is 2.32. The minimum atomic E-state index is -0.292. The summed E-state index contributed by atoms with van der Waals surface area (Å²) >= 11 is 0. The lowest BCUT2D eigenvalue weighted by molar-refractivity contribution is 0.0600. The van der Waals surface area contributed by atoms with Crippen LogP contribution in [-0.4, -0.2) is 18.1 Å². The number of fused-ring (bicyclic) bond motifs is 1. The molecule has 0 bridgehead atoms. The van der Waals surface area contributed by atoms with E-state index in [2.05, 4.69) is 48.4 Å². The molecule has 4 nitrogen and oxygen atoms in total. The summed E-state index contributed by atoms with van der Waals surface area (Å²) in [6.07, 6.45) is 2.28. The summed E-state index contributed by atoms with van der Waals surface area (Å²) in [5.74, 6) is -0.292. The van der Waals surface area contributed by atoms with E-state index in [1.807, 2.05) is 13.0 Å². The summed E-state index contributed by atoms with van der Waals surface area (Å²) in [6.45, 7) is 7.24. The molecule has 0 saturated heterocycles. The van der Waals surface area contributed by atoms with Crippen LogP contribution in [0.15, 0.2) is 30.3 Å². The number of esters is 1. The third-order valence-corrected chi connectivity index (χ3v) is 5.14. The standard InChI is InChI=1S/C20H26N2O2/c1-13-16(19(23)24-4)11-14(22-13)12-21-18-9-10-20(2,3)17-8-6-5-7-15(17)18/h5-8,11,18,21-22H,9-10,12H2,1-4H3. The van der Waals surface area contributed by atoms with Gasteiger partial charge in [0, 0.05) is 24.0 Å². The first-order chi connectivity index (χ1) is 11.4. The number of aryl methyl sites for hydroxylation is 1. The van der Waals surface area contributed by atoms with Crippen LogP contribution in [0.3, 0.4) is 0 Å². The Bertz CT molecular complexity index is 746. The third-order valence-electron chi connectivity index (χ3n) is 5.14. The van der Waals surface area contributed by atoms with Crippen LogP contribution in [0.25, 0.3) is 0 Å². The van der Waals surface area contributed by atoms with Gasteiger partial charge in [0.15, 0.2) is 0 Å². The zero-order valence-corrected chi connectivity index (χ0v) is 14.9. The normalized spacial score (nSPS) is 18.9. The van der Waals surface area contributed by atoms with Crippen molar-refractivity contribution in [2.75, 3.05) is 7.11 Å². The lowest BCUT2D eigenvalue weighted by Crippen LogP contribution is -2.32. The summed E-state index contributed by atoms with van der Waals surface area (Å²) in [6, 6.07) is 10.9. The fourth-order valence-corrected chi connectivity index (χ4v) is 3.70. The zero-order valence-electron chi connectivity index (χ0n) is 14.9. The molecule has 1 aromatic carbocycles. The quantitative estimate of drug-likeness (QED) is 0.835. The molecule has 1 aliphatic carbocycles. The zero-order chi connectivity index (χ0) is 17.3. The number of ether oxygens (including phenoxy) is 1. The van der Waals surface area contributed by atoms with Gasteiger partial charge in [0.25, 0.3) is 0 Å². The monoisotopic (exact) mass is 326 g/mol. The van der Waals surface area contributed by atoms with E-state index in [0.29, 0.717) is 18.2 Å². The van der Waals surface area contributed by atoms with E-state index in [4.69, 9.17) is 4.74 Å². The molecule has 0 fully saturated rings. The van der Waals surface area contributed by atoms with Crippen LogP contribution < -0.4 is 5.32 Å². The largest absolute Gasteiger partial charge is 0.465 e. The number of methoxy groups -OCH3 is 1. The van der Waals surface area contributed by atoms with E-state index in [1.165, 1.54) is 24.7 Å². The number of hydrogen-bond acceptors (Lipinski definition) is 3. The van der Waals surface area contributed by atoms with E-state index in [0.717, 1.165) is 17.8 Å². The Labute approximate surface area is 143 Å². The van der Waals surface area contributed by atoms with Crippen molar-refractivity contribution in [3.8, 4) is 0 Å². The Morgan fingerprint density at radius 1 is 1.38 bits per heavy atom. The highest BCUT2D eigenvalue weighted by molar-refractivity contribution is 5.90. The predicted molar refractivity (Wildman–Crippen MR) is 95.2 cm³/mol. The van der Waals surface area contributed by atoms with Gasteiger partial charge in [-0.1, -0.05) is 38.1 Å². The number of hydrogen-bond donors (Lipinski definition) is 2. The summed E-state index contributed by atoms with van der Waals surface area (Å²) < 4.78 is 4.81. The smallest absolute Gasteiger partial charge is 0.339 e. The Morgan fingerprint density at radius 3 is 2.88 bits per heavy atom. The molecule has 1 aromatic heterocycles. The number of carbonyl (C=O) groups excluding carboxylic acids is 1. The molecule has 2 N–H and O–H groups in total. The molecule has 1 atom stereocenters. The van der Waals surface area contributed by atoms with E-state index in [9.17, 15) is 4.79 Å². The van der Waals surface area contributed by atoms with E-state index < -0.39 is 0 Å². The van der Waals surface area contributed by atoms with Crippen molar-refractivity contribution in [3.63, 3.8) is 0 Å². The van der Waals surface area contributed by atoms with Gasteiger partial charge in [-0.05, 0) is 42.4 Å². The van der Waals surface area contributed by atoms with Gasteiger partial charge >= 0.3 is 5.97 Å². The number of benzene rings is 1. The minimum Gasteiger partial charge on any atom is -0.465 e. The van der Waals surface area contributed by atoms with Gasteiger partial charge in [-0.2, -0.15) is 0 Å². The molecule has 1 unspecified atom stereocenters. The summed E-state index contributed by atoms with van der Waals surface area (Å²) in [4.78, 5) is 15.0. The Kier molecular flexibility index (Phi) is 4.50. The molecule has 3 rings (SSSR count). The van der Waals surface area contributed by atoms with Crippen molar-refractivity contribution < 1.29 is 9.53 Å². The van der Waals surface area contributed by atoms with Gasteiger partial charge in [0.05, 0.1) is 12.7 Å². The second-order valence-electron chi connectivity index (χ2n) is 7.27. The maximum Gasteiger partial charge on any atom is 0.339 e. The molecule has 0 aliphatic heterocycles. The van der Waals surface area contributed by atoms with Gasteiger partial charge in [0.1, 0.15) is 0 Å². The Morgan fingerprint density at radius 2 is 2.12 bits per heavy atom. The average molecular weight is 326 g/mol. The molecule has 0 amide bonds. The van der Waals surface area contributed by atoms with Gasteiger partial charge in [-0.25, -0.2) is 4.79 Å². The number of H-pyrrole nitrogens is 1. The topological polar surface area (TPSA) is 54.1 Å². The van der Waals surface area contributed by atoms with Crippen molar-refractivity contribution >= 4 is 5.97 Å². The molecule has 0 saturated carbocycles. The molecule has 24 heavy (non-hydrogen) atoms. The summed E-state index contributed by atoms with van der Waals surface area (Å²) in [7, 11) is 1.41. The van der Waals surface area contributed by atoms with Crippen molar-refractivity contribution in [2.45, 2.75) is 51.6 Å². The van der Waals surface area contributed by atoms with Gasteiger partial charge in [0.2, 0.25) is 0 Å². The minimum absolute atomic E-state index is 0.232. The second kappa shape index (κ2) is 6.44. The maximum atomic E-state index is 11.7. The highest BCUT2D eigenvalue weighted by atomic mass is 16.5. The SMILES string of the molecule is COC(=O)c1cc(CNC2CCC(C)(C)c3ccccc32)[nH]c1C. The first-order valence-electron chi connectivity index (χ1n) is 8.52. The fraction of sp³-hybridized carbons (Fsp3) is 0.450. The van der Waals surface area contributed by atoms with Crippen molar-refractivity contribution in [3.05, 3.63) is 58.4 Å². The van der Waals surface area contributed by atoms with E-state index >= 15 is 0 Å². The third kappa shape index (κ3) is 3.11. The van der Waals surface area contributed by atoms with Crippen molar-refractivity contribution in [2.24, 2.45) is 0 Å². The van der Waals surface area contributed by atoms with E-state index in [-0.39, 0.29) is 11.4 Å². The first kappa shape index (κ1) is 16.8. The summed E-state index contributed by atoms with van der Waals surface area (Å²) in [5, 5.41) is 3.65. The van der Waals surface area contributed by atoms with Gasteiger partial charge < -0.3 is 15.0 Å². The fourth-order valence-electron chi connectivity index (χ4n) is 3.70. The molecular formula is C20H26N2O2. The molecule has 1 aliphatic rings. The van der Waals surface area contributed by atoms with Crippen molar-refractivity contribution in [1.29, 1.82) is 0 Å². The van der Waals surface area contributed by atoms with Crippen LogP contribution >= 0.6 is 0 Å². The molecule has 0 spiro atoms. The molecule has 4 heteroatoms. The number of aromatic amines is 1. The molecule has 0 radical (unpaired) electrons. The number of aromatic nitrogens is 1. The lowest BCUT2D eigenvalue weighted by Gasteiger charge is -2.37. The number of carbonyl (C=O) groups is 1. The van der Waals surface area contributed by atoms with Crippen molar-refractivity contribution in [1.82, 2.24) is 10.3 Å². The molecule has 1 heterocycles. The van der Waals surface area contributed by atoms with Crippen LogP contribution in [0.4, 0.5) is 0 Å². The van der Waals surface area contributed by atoms with Crippen LogP contribution in [0.2, 0.25) is 0 Å². The second-order valence-corrected chi connectivity index (χ2v) is 7.27. The van der Waals surface area contributed by atoms with Crippen LogP contribution in [0, 0.1) is 6.92 Å².